The molecule has 0 aliphatic carbocycles. The number of nitrogens with zero attached hydrogens (tertiary/aromatic N) is 2. The van der Waals surface area contributed by atoms with Crippen molar-refractivity contribution < 1.29 is 14.3 Å². The first-order valence-electron chi connectivity index (χ1n) is 7.59. The molecule has 24 heavy (non-hydrogen) atoms. The fourth-order valence-corrected chi connectivity index (χ4v) is 5.30. The van der Waals surface area contributed by atoms with Crippen molar-refractivity contribution in [2.24, 2.45) is 0 Å². The molecule has 0 radical (unpaired) electrons. The molecule has 2 aromatic rings. The summed E-state index contributed by atoms with van der Waals surface area (Å²) in [5.41, 5.74) is 1.06. The topological polar surface area (TPSA) is 61.3 Å². The number of hydrogen-bond donors (Lipinski definition) is 0. The second kappa shape index (κ2) is 6.82. The van der Waals surface area contributed by atoms with Gasteiger partial charge in [-0.1, -0.05) is 23.5 Å². The first-order chi connectivity index (χ1) is 11.3. The standard InChI is InChI=1S/C16H20N2O3S3/c1-8(14(19)20-4)23-12-11-9-6-16(2,3)21-7-10(9)24-13(11)18-15(17-12)22-5/h8H,6-7H2,1-5H3/t8-/m0/s1. The van der Waals surface area contributed by atoms with E-state index < -0.39 is 0 Å². The van der Waals surface area contributed by atoms with E-state index >= 15 is 0 Å². The van der Waals surface area contributed by atoms with Crippen molar-refractivity contribution in [1.29, 1.82) is 0 Å². The molecule has 0 spiro atoms. The highest BCUT2D eigenvalue weighted by Gasteiger charge is 2.31. The Morgan fingerprint density at radius 3 is 2.83 bits per heavy atom. The highest BCUT2D eigenvalue weighted by atomic mass is 32.2. The molecule has 0 amide bonds. The lowest BCUT2D eigenvalue weighted by Crippen LogP contribution is -2.31. The Hall–Kier alpha value is -0.830. The zero-order valence-electron chi connectivity index (χ0n) is 14.3. The molecule has 130 valence electrons. The Morgan fingerprint density at radius 2 is 2.17 bits per heavy atom. The molecule has 0 aromatic carbocycles. The molecule has 8 heteroatoms. The minimum atomic E-state index is -0.314. The third-order valence-corrected chi connectivity index (χ3v) is 6.59. The minimum absolute atomic E-state index is 0.199. The van der Waals surface area contributed by atoms with E-state index in [2.05, 4.69) is 23.8 Å². The molecule has 1 aliphatic heterocycles. The van der Waals surface area contributed by atoms with Crippen molar-refractivity contribution in [1.82, 2.24) is 9.97 Å². The van der Waals surface area contributed by atoms with Crippen LogP contribution in [0.25, 0.3) is 10.2 Å². The van der Waals surface area contributed by atoms with Crippen LogP contribution >= 0.6 is 34.9 Å². The van der Waals surface area contributed by atoms with Gasteiger partial charge >= 0.3 is 5.97 Å². The third-order valence-electron chi connectivity index (χ3n) is 3.88. The molecule has 1 atom stereocenters. The van der Waals surface area contributed by atoms with Gasteiger partial charge in [0.05, 0.1) is 19.3 Å². The summed E-state index contributed by atoms with van der Waals surface area (Å²) in [5.74, 6) is -0.245. The molecule has 0 bridgehead atoms. The van der Waals surface area contributed by atoms with E-state index in [1.807, 2.05) is 13.2 Å². The molecule has 0 saturated carbocycles. The van der Waals surface area contributed by atoms with Crippen LogP contribution in [0, 0.1) is 0 Å². The number of ether oxygens (including phenoxy) is 2. The van der Waals surface area contributed by atoms with Crippen LogP contribution in [0.15, 0.2) is 10.2 Å². The van der Waals surface area contributed by atoms with Crippen molar-refractivity contribution >= 4 is 51.0 Å². The number of thiophene rings is 1. The van der Waals surface area contributed by atoms with E-state index in [4.69, 9.17) is 9.47 Å². The van der Waals surface area contributed by atoms with Gasteiger partial charge in [0.15, 0.2) is 5.16 Å². The van der Waals surface area contributed by atoms with E-state index in [0.717, 1.165) is 26.8 Å². The molecule has 3 heterocycles. The number of esters is 1. The number of thioether (sulfide) groups is 2. The monoisotopic (exact) mass is 384 g/mol. The maximum Gasteiger partial charge on any atom is 0.318 e. The Balaban J connectivity index is 2.12. The van der Waals surface area contributed by atoms with Crippen molar-refractivity contribution in [3.8, 4) is 0 Å². The lowest BCUT2D eigenvalue weighted by molar-refractivity contribution is -0.139. The Kier molecular flexibility index (Phi) is 5.11. The summed E-state index contributed by atoms with van der Waals surface area (Å²) in [4.78, 5) is 23.4. The SMILES string of the molecule is COC(=O)[C@H](C)Sc1nc(SC)nc2sc3c(c12)CC(C)(C)OC3. The molecular weight excluding hydrogens is 364 g/mol. The van der Waals surface area contributed by atoms with Crippen LogP contribution in [0.3, 0.4) is 0 Å². The summed E-state index contributed by atoms with van der Waals surface area (Å²) in [7, 11) is 1.41. The first kappa shape index (κ1) is 18.0. The highest BCUT2D eigenvalue weighted by Crippen LogP contribution is 2.43. The number of methoxy groups -OCH3 is 1. The van der Waals surface area contributed by atoms with E-state index in [0.29, 0.717) is 6.61 Å². The quantitative estimate of drug-likeness (QED) is 0.343. The van der Waals surface area contributed by atoms with Gasteiger partial charge in [-0.3, -0.25) is 4.79 Å². The molecule has 0 N–H and O–H groups in total. The predicted octanol–water partition coefficient (Wildman–Crippen LogP) is 3.92. The van der Waals surface area contributed by atoms with Crippen LogP contribution in [0.2, 0.25) is 0 Å². The zero-order chi connectivity index (χ0) is 17.5. The molecule has 3 rings (SSSR count). The van der Waals surface area contributed by atoms with Gasteiger partial charge in [-0.05, 0) is 32.6 Å². The number of carbonyl (C=O) groups is 1. The van der Waals surface area contributed by atoms with Gasteiger partial charge in [-0.2, -0.15) is 0 Å². The summed E-state index contributed by atoms with van der Waals surface area (Å²) in [6.45, 7) is 6.64. The van der Waals surface area contributed by atoms with Gasteiger partial charge in [-0.15, -0.1) is 11.3 Å². The second-order valence-corrected chi connectivity index (χ2v) is 9.39. The molecule has 5 nitrogen and oxygen atoms in total. The van der Waals surface area contributed by atoms with Gasteiger partial charge in [-0.25, -0.2) is 9.97 Å². The Bertz CT molecular complexity index is 788. The van der Waals surface area contributed by atoms with Crippen molar-refractivity contribution in [2.75, 3.05) is 13.4 Å². The fraction of sp³-hybridized carbons (Fsp3) is 0.562. The van der Waals surface area contributed by atoms with Gasteiger partial charge in [0, 0.05) is 16.7 Å². The van der Waals surface area contributed by atoms with Crippen LogP contribution < -0.4 is 0 Å². The number of aromatic nitrogens is 2. The zero-order valence-corrected chi connectivity index (χ0v) is 16.8. The second-order valence-electron chi connectivity index (χ2n) is 6.21. The summed E-state index contributed by atoms with van der Waals surface area (Å²) >= 11 is 4.61. The average molecular weight is 385 g/mol. The highest BCUT2D eigenvalue weighted by molar-refractivity contribution is 8.00. The lowest BCUT2D eigenvalue weighted by atomic mass is 9.95. The Morgan fingerprint density at radius 1 is 1.42 bits per heavy atom. The normalized spacial score (nSPS) is 17.5. The maximum atomic E-state index is 11.8. The van der Waals surface area contributed by atoms with E-state index in [1.54, 1.807) is 11.3 Å². The molecule has 1 aliphatic rings. The van der Waals surface area contributed by atoms with Crippen LogP contribution in [0.1, 0.15) is 31.2 Å². The van der Waals surface area contributed by atoms with Crippen molar-refractivity contribution in [3.05, 3.63) is 10.4 Å². The minimum Gasteiger partial charge on any atom is -0.468 e. The van der Waals surface area contributed by atoms with Gasteiger partial charge in [0.25, 0.3) is 0 Å². The number of fused-ring (bicyclic) bond motifs is 3. The fourth-order valence-electron chi connectivity index (χ4n) is 2.65. The number of carbonyl (C=O) groups excluding carboxylic acids is 1. The molecular formula is C16H20N2O3S3. The van der Waals surface area contributed by atoms with E-state index in [1.165, 1.54) is 41.1 Å². The molecule has 0 fully saturated rings. The van der Waals surface area contributed by atoms with E-state index in [9.17, 15) is 4.79 Å². The van der Waals surface area contributed by atoms with Gasteiger partial charge in [0.1, 0.15) is 15.1 Å². The largest absolute Gasteiger partial charge is 0.468 e. The number of rotatable bonds is 4. The smallest absolute Gasteiger partial charge is 0.318 e. The molecule has 0 saturated heterocycles. The van der Waals surface area contributed by atoms with Crippen molar-refractivity contribution in [3.63, 3.8) is 0 Å². The van der Waals surface area contributed by atoms with Crippen LogP contribution in [-0.4, -0.2) is 40.2 Å². The third kappa shape index (κ3) is 3.42. The van der Waals surface area contributed by atoms with Crippen LogP contribution in [0.5, 0.6) is 0 Å². The maximum absolute atomic E-state index is 11.8. The van der Waals surface area contributed by atoms with Crippen LogP contribution in [-0.2, 0) is 27.3 Å². The Labute approximate surface area is 153 Å². The number of hydrogen-bond acceptors (Lipinski definition) is 8. The van der Waals surface area contributed by atoms with E-state index in [-0.39, 0.29) is 16.8 Å². The predicted molar refractivity (Wildman–Crippen MR) is 99.1 cm³/mol. The summed E-state index contributed by atoms with van der Waals surface area (Å²) < 4.78 is 10.8. The van der Waals surface area contributed by atoms with Gasteiger partial charge < -0.3 is 9.47 Å². The summed E-state index contributed by atoms with van der Waals surface area (Å²) in [5, 5.41) is 2.34. The van der Waals surface area contributed by atoms with Crippen LogP contribution in [0.4, 0.5) is 0 Å². The first-order valence-corrected chi connectivity index (χ1v) is 10.5. The summed E-state index contributed by atoms with van der Waals surface area (Å²) in [6, 6.07) is 0. The average Bonchev–Trinajstić information content (AvgIpc) is 2.90. The van der Waals surface area contributed by atoms with Crippen molar-refractivity contribution in [2.45, 2.75) is 54.8 Å². The lowest BCUT2D eigenvalue weighted by Gasteiger charge is -2.30. The molecule has 2 aromatic heterocycles. The summed E-state index contributed by atoms with van der Waals surface area (Å²) in [6.07, 6.45) is 2.78. The van der Waals surface area contributed by atoms with Gasteiger partial charge in [0.2, 0.25) is 0 Å². The molecule has 0 unspecified atom stereocenters.